The summed E-state index contributed by atoms with van der Waals surface area (Å²) in [4.78, 5) is 19.5. The monoisotopic (exact) mass is 375 g/mol. The van der Waals surface area contributed by atoms with Crippen molar-refractivity contribution in [1.82, 2.24) is 14.5 Å². The molecule has 1 amide bonds. The second kappa shape index (κ2) is 7.50. The number of hydrogen-bond donors (Lipinski definition) is 0. The lowest BCUT2D eigenvalue weighted by molar-refractivity contribution is -0.128. The first kappa shape index (κ1) is 18.3. The molecule has 0 N–H and O–H groups in total. The largest absolute Gasteiger partial charge is 0.497 e. The predicted molar refractivity (Wildman–Crippen MR) is 110 cm³/mol. The first-order valence-electron chi connectivity index (χ1n) is 9.55. The van der Waals surface area contributed by atoms with Crippen LogP contribution >= 0.6 is 0 Å². The number of carbonyl (C=O) groups is 1. The Hall–Kier alpha value is -3.08. The van der Waals surface area contributed by atoms with Crippen molar-refractivity contribution in [1.29, 1.82) is 0 Å². The normalized spacial score (nSPS) is 16.7. The third-order valence-corrected chi connectivity index (χ3v) is 5.22. The number of benzene rings is 2. The van der Waals surface area contributed by atoms with E-state index in [1.54, 1.807) is 7.11 Å². The Morgan fingerprint density at radius 2 is 1.96 bits per heavy atom. The first-order valence-corrected chi connectivity index (χ1v) is 9.55. The Morgan fingerprint density at radius 3 is 2.68 bits per heavy atom. The molecule has 4 rings (SSSR count). The zero-order valence-electron chi connectivity index (χ0n) is 16.4. The Balaban J connectivity index is 1.58. The maximum Gasteiger partial charge on any atom is 0.223 e. The van der Waals surface area contributed by atoms with E-state index in [1.807, 2.05) is 54.3 Å². The van der Waals surface area contributed by atoms with E-state index in [9.17, 15) is 4.79 Å². The molecule has 5 nitrogen and oxygen atoms in total. The summed E-state index contributed by atoms with van der Waals surface area (Å²) < 4.78 is 7.42. The van der Waals surface area contributed by atoms with Gasteiger partial charge in [0, 0.05) is 32.0 Å². The topological polar surface area (TPSA) is 47.4 Å². The van der Waals surface area contributed by atoms with Gasteiger partial charge in [-0.15, -0.1) is 0 Å². The van der Waals surface area contributed by atoms with Gasteiger partial charge in [0.25, 0.3) is 0 Å². The zero-order valence-corrected chi connectivity index (χ0v) is 16.4. The number of rotatable bonds is 6. The van der Waals surface area contributed by atoms with E-state index in [0.29, 0.717) is 19.5 Å². The number of amides is 1. The molecule has 1 aliphatic rings. The fraction of sp³-hybridized carbons (Fsp3) is 0.304. The first-order chi connectivity index (χ1) is 13.5. The van der Waals surface area contributed by atoms with E-state index < -0.39 is 0 Å². The molecule has 5 heteroatoms. The molecule has 1 fully saturated rings. The molecule has 1 aliphatic heterocycles. The Kier molecular flexibility index (Phi) is 4.90. The lowest BCUT2D eigenvalue weighted by atomic mass is 10.1. The molecular formula is C23H25N3O2. The molecular weight excluding hydrogens is 350 g/mol. The SMILES string of the molecule is C=C(C)Cn1c([C@@H]2CC(=O)N(Cc3ccc(OC)cc3)C2)nc2ccccc21. The van der Waals surface area contributed by atoms with Crippen LogP contribution in [0.25, 0.3) is 11.0 Å². The molecule has 1 saturated heterocycles. The number of fused-ring (bicyclic) bond motifs is 1. The fourth-order valence-electron chi connectivity index (χ4n) is 3.89. The van der Waals surface area contributed by atoms with Gasteiger partial charge in [-0.1, -0.05) is 36.4 Å². The van der Waals surface area contributed by atoms with Crippen LogP contribution in [-0.4, -0.2) is 34.0 Å². The van der Waals surface area contributed by atoms with Crippen LogP contribution in [0.1, 0.15) is 30.7 Å². The third-order valence-electron chi connectivity index (χ3n) is 5.22. The number of carbonyl (C=O) groups excluding carboxylic acids is 1. The van der Waals surface area contributed by atoms with Crippen LogP contribution in [-0.2, 0) is 17.9 Å². The number of imidazole rings is 1. The van der Waals surface area contributed by atoms with Crippen LogP contribution in [0.2, 0.25) is 0 Å². The summed E-state index contributed by atoms with van der Waals surface area (Å²) in [6.07, 6.45) is 0.496. The van der Waals surface area contributed by atoms with Gasteiger partial charge >= 0.3 is 0 Å². The van der Waals surface area contributed by atoms with E-state index in [2.05, 4.69) is 17.2 Å². The number of aromatic nitrogens is 2. The fourth-order valence-corrected chi connectivity index (χ4v) is 3.89. The average Bonchev–Trinajstić information content (AvgIpc) is 3.23. The maximum atomic E-state index is 12.7. The van der Waals surface area contributed by atoms with Crippen molar-refractivity contribution in [2.75, 3.05) is 13.7 Å². The highest BCUT2D eigenvalue weighted by Crippen LogP contribution is 2.31. The van der Waals surface area contributed by atoms with Crippen LogP contribution in [0.15, 0.2) is 60.7 Å². The molecule has 0 radical (unpaired) electrons. The zero-order chi connectivity index (χ0) is 19.7. The molecule has 0 saturated carbocycles. The Morgan fingerprint density at radius 1 is 1.21 bits per heavy atom. The molecule has 1 atom stereocenters. The summed E-state index contributed by atoms with van der Waals surface area (Å²) in [5, 5.41) is 0. The molecule has 144 valence electrons. The molecule has 1 aromatic heterocycles. The smallest absolute Gasteiger partial charge is 0.223 e. The second-order valence-electron chi connectivity index (χ2n) is 7.53. The lowest BCUT2D eigenvalue weighted by Crippen LogP contribution is -2.24. The molecule has 0 spiro atoms. The van der Waals surface area contributed by atoms with Gasteiger partial charge in [-0.05, 0) is 36.8 Å². The van der Waals surface area contributed by atoms with Crippen molar-refractivity contribution in [2.45, 2.75) is 32.4 Å². The maximum absolute atomic E-state index is 12.7. The average molecular weight is 375 g/mol. The molecule has 28 heavy (non-hydrogen) atoms. The van der Waals surface area contributed by atoms with Crippen LogP contribution < -0.4 is 4.74 Å². The van der Waals surface area contributed by atoms with Crippen LogP contribution in [0.5, 0.6) is 5.75 Å². The van der Waals surface area contributed by atoms with Crippen molar-refractivity contribution >= 4 is 16.9 Å². The number of methoxy groups -OCH3 is 1. The summed E-state index contributed by atoms with van der Waals surface area (Å²) >= 11 is 0. The predicted octanol–water partition coefficient (Wildman–Crippen LogP) is 4.14. The lowest BCUT2D eigenvalue weighted by Gasteiger charge is -2.17. The Labute approximate surface area is 165 Å². The van der Waals surface area contributed by atoms with E-state index in [1.165, 1.54) is 0 Å². The second-order valence-corrected chi connectivity index (χ2v) is 7.53. The number of allylic oxidation sites excluding steroid dienone is 1. The van der Waals surface area contributed by atoms with E-state index in [0.717, 1.165) is 40.3 Å². The number of likely N-dealkylation sites (tertiary alicyclic amines) is 1. The van der Waals surface area contributed by atoms with E-state index in [-0.39, 0.29) is 11.8 Å². The number of ether oxygens (including phenoxy) is 1. The summed E-state index contributed by atoms with van der Waals surface area (Å²) in [6.45, 7) is 8.11. The quantitative estimate of drug-likeness (QED) is 0.609. The highest BCUT2D eigenvalue weighted by molar-refractivity contribution is 5.81. The summed E-state index contributed by atoms with van der Waals surface area (Å²) in [5.74, 6) is 2.07. The van der Waals surface area contributed by atoms with E-state index >= 15 is 0 Å². The summed E-state index contributed by atoms with van der Waals surface area (Å²) in [6, 6.07) is 16.0. The van der Waals surface area contributed by atoms with Crippen LogP contribution in [0.4, 0.5) is 0 Å². The van der Waals surface area contributed by atoms with Gasteiger partial charge in [-0.2, -0.15) is 0 Å². The van der Waals surface area contributed by atoms with Gasteiger partial charge in [-0.3, -0.25) is 4.79 Å². The van der Waals surface area contributed by atoms with Crippen molar-refractivity contribution in [3.8, 4) is 5.75 Å². The van der Waals surface area contributed by atoms with Gasteiger partial charge in [0.15, 0.2) is 0 Å². The Bertz CT molecular complexity index is 1020. The molecule has 2 aromatic carbocycles. The summed E-state index contributed by atoms with van der Waals surface area (Å²) in [5.41, 5.74) is 4.25. The minimum Gasteiger partial charge on any atom is -0.497 e. The van der Waals surface area contributed by atoms with Gasteiger partial charge < -0.3 is 14.2 Å². The van der Waals surface area contributed by atoms with Gasteiger partial charge in [0.1, 0.15) is 11.6 Å². The van der Waals surface area contributed by atoms with Gasteiger partial charge in [0.05, 0.1) is 18.1 Å². The third kappa shape index (κ3) is 3.52. The summed E-state index contributed by atoms with van der Waals surface area (Å²) in [7, 11) is 1.65. The van der Waals surface area contributed by atoms with Crippen molar-refractivity contribution in [3.05, 3.63) is 72.1 Å². The van der Waals surface area contributed by atoms with Crippen molar-refractivity contribution in [2.24, 2.45) is 0 Å². The minimum absolute atomic E-state index is 0.0949. The van der Waals surface area contributed by atoms with Crippen LogP contribution in [0, 0.1) is 0 Å². The molecule has 0 unspecified atom stereocenters. The number of para-hydroxylation sites is 2. The van der Waals surface area contributed by atoms with Crippen molar-refractivity contribution < 1.29 is 9.53 Å². The highest BCUT2D eigenvalue weighted by atomic mass is 16.5. The standard InChI is InChI=1S/C23H25N3O2/c1-16(2)13-26-21-7-5-4-6-20(21)24-23(26)18-12-22(27)25(15-18)14-17-8-10-19(28-3)11-9-17/h4-11,18H,1,12-15H2,2-3H3/t18-/m1/s1. The van der Waals surface area contributed by atoms with Crippen molar-refractivity contribution in [3.63, 3.8) is 0 Å². The molecule has 2 heterocycles. The molecule has 0 bridgehead atoms. The highest BCUT2D eigenvalue weighted by Gasteiger charge is 2.33. The molecule has 3 aromatic rings. The van der Waals surface area contributed by atoms with Crippen LogP contribution in [0.3, 0.4) is 0 Å². The number of nitrogens with zero attached hydrogens (tertiary/aromatic N) is 3. The van der Waals surface area contributed by atoms with E-state index in [4.69, 9.17) is 9.72 Å². The van der Waals surface area contributed by atoms with Gasteiger partial charge in [-0.25, -0.2) is 4.98 Å². The molecule has 0 aliphatic carbocycles. The minimum atomic E-state index is 0.0949. The van der Waals surface area contributed by atoms with Gasteiger partial charge in [0.2, 0.25) is 5.91 Å². The number of hydrogen-bond acceptors (Lipinski definition) is 3.